The fraction of sp³-hybridized carbons (Fsp3) is 0.296. The Labute approximate surface area is 214 Å². The number of fused-ring (bicyclic) bond motifs is 2. The van der Waals surface area contributed by atoms with E-state index in [0.717, 1.165) is 33.4 Å². The largest absolute Gasteiger partial charge is 0.372 e. The number of benzene rings is 1. The lowest BCUT2D eigenvalue weighted by molar-refractivity contribution is -0.119. The predicted octanol–water partition coefficient (Wildman–Crippen LogP) is 4.65. The molecule has 1 aliphatic heterocycles. The number of hydrogen-bond acceptors (Lipinski definition) is 5. The molecule has 8 nitrogen and oxygen atoms in total. The summed E-state index contributed by atoms with van der Waals surface area (Å²) in [5, 5.41) is 19.3. The van der Waals surface area contributed by atoms with Crippen LogP contribution in [0.25, 0.3) is 22.3 Å². The second-order valence-corrected chi connectivity index (χ2v) is 9.90. The van der Waals surface area contributed by atoms with Crippen LogP contribution in [-0.2, 0) is 18.4 Å². The molecular weight excluding hydrogens is 474 g/mol. The van der Waals surface area contributed by atoms with E-state index >= 15 is 0 Å². The maximum absolute atomic E-state index is 13.1. The maximum atomic E-state index is 13.1. The lowest BCUT2D eigenvalue weighted by atomic mass is 9.88. The van der Waals surface area contributed by atoms with Crippen LogP contribution < -0.4 is 5.32 Å². The third-order valence-electron chi connectivity index (χ3n) is 6.50. The molecule has 1 atom stereocenters. The van der Waals surface area contributed by atoms with Crippen molar-refractivity contribution in [2.75, 3.05) is 7.05 Å². The van der Waals surface area contributed by atoms with Crippen LogP contribution in [0.3, 0.4) is 0 Å². The minimum atomic E-state index is -0.434. The van der Waals surface area contributed by atoms with Crippen molar-refractivity contribution in [2.45, 2.75) is 32.7 Å². The summed E-state index contributed by atoms with van der Waals surface area (Å²) in [5.74, 6) is 0.149. The summed E-state index contributed by atoms with van der Waals surface area (Å²) in [6.07, 6.45) is 4.21. The predicted molar refractivity (Wildman–Crippen MR) is 140 cm³/mol. The molecule has 0 bridgehead atoms. The van der Waals surface area contributed by atoms with Crippen LogP contribution in [0.1, 0.15) is 48.6 Å². The Balaban J connectivity index is 1.77. The highest BCUT2D eigenvalue weighted by Gasteiger charge is 2.37. The molecule has 0 aliphatic carbocycles. The number of aliphatic imine (C=N–C) groups is 1. The Morgan fingerprint density at radius 1 is 1.25 bits per heavy atom. The topological polar surface area (TPSA) is 101 Å². The molecule has 4 aromatic rings. The molecule has 0 radical (unpaired) electrons. The van der Waals surface area contributed by atoms with E-state index in [1.54, 1.807) is 19.4 Å². The quantitative estimate of drug-likeness (QED) is 0.431. The normalized spacial score (nSPS) is 15.2. The van der Waals surface area contributed by atoms with E-state index in [0.29, 0.717) is 41.0 Å². The van der Waals surface area contributed by atoms with Crippen LogP contribution in [0.2, 0.25) is 5.02 Å². The number of nitrogens with one attached hydrogen (secondary N) is 1. The van der Waals surface area contributed by atoms with E-state index in [2.05, 4.69) is 35.2 Å². The van der Waals surface area contributed by atoms with Crippen molar-refractivity contribution in [1.29, 1.82) is 5.26 Å². The SMILES string of the molecule is CNC1=NC(=O)C(CC(C)C)c2nn(Cc3ccnc4ccc(Cl)cc34)c(-c3cc(C#N)cn3C)c21. The average Bonchev–Trinajstić information content (AvgIpc) is 3.40. The van der Waals surface area contributed by atoms with Gasteiger partial charge in [-0.2, -0.15) is 15.4 Å². The second-order valence-electron chi connectivity index (χ2n) is 9.47. The van der Waals surface area contributed by atoms with Gasteiger partial charge >= 0.3 is 0 Å². The Morgan fingerprint density at radius 2 is 2.06 bits per heavy atom. The summed E-state index contributed by atoms with van der Waals surface area (Å²) in [6, 6.07) is 11.7. The number of nitriles is 1. The summed E-state index contributed by atoms with van der Waals surface area (Å²) >= 11 is 6.32. The number of aryl methyl sites for hydroxylation is 1. The van der Waals surface area contributed by atoms with Gasteiger partial charge in [-0.25, -0.2) is 0 Å². The van der Waals surface area contributed by atoms with E-state index in [4.69, 9.17) is 16.7 Å². The minimum Gasteiger partial charge on any atom is -0.372 e. The summed E-state index contributed by atoms with van der Waals surface area (Å²) in [6.45, 7) is 4.60. The van der Waals surface area contributed by atoms with Gasteiger partial charge in [0.2, 0.25) is 0 Å². The molecule has 1 amide bonds. The fourth-order valence-corrected chi connectivity index (χ4v) is 5.07. The molecule has 1 N–H and O–H groups in total. The zero-order chi connectivity index (χ0) is 25.6. The highest BCUT2D eigenvalue weighted by Crippen LogP contribution is 2.38. The Hall–Kier alpha value is -3.96. The molecule has 3 aromatic heterocycles. The van der Waals surface area contributed by atoms with Crippen LogP contribution >= 0.6 is 11.6 Å². The monoisotopic (exact) mass is 499 g/mol. The molecule has 0 saturated carbocycles. The van der Waals surface area contributed by atoms with Gasteiger partial charge in [0.1, 0.15) is 11.9 Å². The molecule has 1 aromatic carbocycles. The molecule has 182 valence electrons. The van der Waals surface area contributed by atoms with Crippen LogP contribution in [0.15, 0.2) is 47.7 Å². The van der Waals surface area contributed by atoms with Crippen molar-refractivity contribution in [1.82, 2.24) is 24.6 Å². The van der Waals surface area contributed by atoms with Gasteiger partial charge in [-0.3, -0.25) is 14.5 Å². The standard InChI is InChI=1S/C27H26ClN7O/c1-15(2)9-20-24-23(26(30-3)32-27(20)36)25(22-10-16(12-29)13-34(22)4)35(33-24)14-17-7-8-31-21-6-5-18(28)11-19(17)21/h5-8,10-11,13,15,20H,9,14H2,1-4H3,(H,30,32,36). The van der Waals surface area contributed by atoms with Gasteiger partial charge in [-0.15, -0.1) is 0 Å². The van der Waals surface area contributed by atoms with E-state index in [9.17, 15) is 10.1 Å². The first kappa shape index (κ1) is 23.8. The average molecular weight is 500 g/mol. The molecule has 36 heavy (non-hydrogen) atoms. The van der Waals surface area contributed by atoms with Crippen LogP contribution in [0, 0.1) is 17.2 Å². The summed E-state index contributed by atoms with van der Waals surface area (Å²) in [4.78, 5) is 21.9. The zero-order valence-electron chi connectivity index (χ0n) is 20.6. The van der Waals surface area contributed by atoms with Gasteiger partial charge in [-0.1, -0.05) is 25.4 Å². The molecular formula is C27H26ClN7O. The Kier molecular flexibility index (Phi) is 6.10. The van der Waals surface area contributed by atoms with Crippen molar-refractivity contribution in [2.24, 2.45) is 18.0 Å². The molecule has 5 rings (SSSR count). The van der Waals surface area contributed by atoms with Gasteiger partial charge in [0.25, 0.3) is 5.91 Å². The first-order valence-corrected chi connectivity index (χ1v) is 12.2. The Bertz CT molecular complexity index is 1570. The van der Waals surface area contributed by atoms with Gasteiger partial charge in [0.15, 0.2) is 0 Å². The number of aromatic nitrogens is 4. The molecule has 0 saturated heterocycles. The lowest BCUT2D eigenvalue weighted by Crippen LogP contribution is -2.30. The molecule has 0 spiro atoms. The van der Waals surface area contributed by atoms with Crippen molar-refractivity contribution in [3.05, 3.63) is 70.1 Å². The first-order valence-electron chi connectivity index (χ1n) is 11.8. The Morgan fingerprint density at radius 3 is 2.75 bits per heavy atom. The van der Waals surface area contributed by atoms with Crippen LogP contribution in [0.4, 0.5) is 0 Å². The number of nitrogens with zero attached hydrogens (tertiary/aromatic N) is 6. The zero-order valence-corrected chi connectivity index (χ0v) is 21.3. The number of pyridine rings is 1. The molecule has 0 fully saturated rings. The molecule has 9 heteroatoms. The number of rotatable bonds is 5. The van der Waals surface area contributed by atoms with Crippen molar-refractivity contribution in [3.63, 3.8) is 0 Å². The summed E-state index contributed by atoms with van der Waals surface area (Å²) in [7, 11) is 3.65. The van der Waals surface area contributed by atoms with Crippen molar-refractivity contribution < 1.29 is 4.79 Å². The van der Waals surface area contributed by atoms with Crippen molar-refractivity contribution >= 4 is 34.2 Å². The van der Waals surface area contributed by atoms with Gasteiger partial charge in [0.05, 0.1) is 46.2 Å². The van der Waals surface area contributed by atoms with Crippen molar-refractivity contribution in [3.8, 4) is 17.5 Å². The molecule has 1 aliphatic rings. The number of halogens is 1. The van der Waals surface area contributed by atoms with Gasteiger partial charge in [-0.05, 0) is 48.2 Å². The summed E-state index contributed by atoms with van der Waals surface area (Å²) < 4.78 is 3.82. The third kappa shape index (κ3) is 4.06. The third-order valence-corrected chi connectivity index (χ3v) is 6.74. The van der Waals surface area contributed by atoms with E-state index < -0.39 is 5.92 Å². The highest BCUT2D eigenvalue weighted by molar-refractivity contribution is 6.31. The van der Waals surface area contributed by atoms with Gasteiger partial charge in [0, 0.05) is 36.9 Å². The maximum Gasteiger partial charge on any atom is 0.256 e. The van der Waals surface area contributed by atoms with Crippen LogP contribution in [-0.4, -0.2) is 38.1 Å². The lowest BCUT2D eigenvalue weighted by Gasteiger charge is -2.21. The molecule has 1 unspecified atom stereocenters. The number of carbonyl (C=O) groups is 1. The highest BCUT2D eigenvalue weighted by atomic mass is 35.5. The summed E-state index contributed by atoms with van der Waals surface area (Å²) in [5.41, 5.74) is 5.50. The first-order chi connectivity index (χ1) is 17.3. The number of hydrogen-bond donors (Lipinski definition) is 1. The van der Waals surface area contributed by atoms with Gasteiger partial charge < -0.3 is 9.88 Å². The minimum absolute atomic E-state index is 0.192. The number of amidine groups is 1. The second kappa shape index (κ2) is 9.25. The van der Waals surface area contributed by atoms with E-state index in [1.165, 1.54) is 0 Å². The number of amides is 1. The number of carbonyl (C=O) groups excluding carboxylic acids is 1. The fourth-order valence-electron chi connectivity index (χ4n) is 4.89. The van der Waals surface area contributed by atoms with E-state index in [-0.39, 0.29) is 5.91 Å². The van der Waals surface area contributed by atoms with E-state index in [1.807, 2.05) is 46.6 Å². The smallest absolute Gasteiger partial charge is 0.256 e. The van der Waals surface area contributed by atoms with Crippen LogP contribution in [0.5, 0.6) is 0 Å². The molecule has 4 heterocycles.